The van der Waals surface area contributed by atoms with Crippen molar-refractivity contribution in [2.24, 2.45) is 0 Å². The van der Waals surface area contributed by atoms with Crippen LogP contribution < -0.4 is 0 Å². The third-order valence-electron chi connectivity index (χ3n) is 3.13. The molecule has 0 aromatic heterocycles. The molecule has 1 N–H and O–H groups in total. The summed E-state index contributed by atoms with van der Waals surface area (Å²) in [6, 6.07) is 4.77. The van der Waals surface area contributed by atoms with Crippen molar-refractivity contribution < 1.29 is 14.2 Å². The average Bonchev–Trinajstić information content (AvgIpc) is 2.23. The number of phenols is 1. The van der Waals surface area contributed by atoms with E-state index < -0.39 is 11.6 Å². The van der Waals surface area contributed by atoms with E-state index in [0.29, 0.717) is 5.56 Å². The molecule has 0 radical (unpaired) electrons. The molecule has 1 aliphatic carbocycles. The van der Waals surface area contributed by atoms with Gasteiger partial charge in [-0.3, -0.25) is 0 Å². The Morgan fingerprint density at radius 2 is 2.19 bits per heavy atom. The Kier molecular flexibility index (Phi) is 2.80. The molecule has 2 rings (SSSR count). The first-order valence-corrected chi connectivity index (χ1v) is 5.11. The van der Waals surface area contributed by atoms with Gasteiger partial charge >= 0.3 is 0 Å². The molecule has 84 valence electrons. The van der Waals surface area contributed by atoms with Crippen LogP contribution in [0.25, 0.3) is 0 Å². The van der Waals surface area contributed by atoms with E-state index in [4.69, 9.17) is 10.00 Å². The van der Waals surface area contributed by atoms with Crippen LogP contribution >= 0.6 is 0 Å². The molecular weight excluding hydrogens is 209 g/mol. The summed E-state index contributed by atoms with van der Waals surface area (Å²) in [6.45, 7) is 0. The third-order valence-corrected chi connectivity index (χ3v) is 3.13. The Hall–Kier alpha value is -1.60. The molecule has 3 nitrogen and oxygen atoms in total. The lowest BCUT2D eigenvalue weighted by molar-refractivity contribution is 0.0248. The van der Waals surface area contributed by atoms with Crippen molar-refractivity contribution in [2.45, 2.75) is 24.9 Å². The van der Waals surface area contributed by atoms with Gasteiger partial charge in [-0.2, -0.15) is 5.26 Å². The Labute approximate surface area is 93.1 Å². The first-order valence-electron chi connectivity index (χ1n) is 5.11. The van der Waals surface area contributed by atoms with Crippen LogP contribution in [0.2, 0.25) is 0 Å². The van der Waals surface area contributed by atoms with Crippen LogP contribution in [0.15, 0.2) is 12.1 Å². The SMILES string of the molecule is COC1CC(c2ccc(C#N)c(O)c2F)C1. The molecule has 0 unspecified atom stereocenters. The first-order chi connectivity index (χ1) is 7.67. The second-order valence-electron chi connectivity index (χ2n) is 4.00. The van der Waals surface area contributed by atoms with Gasteiger partial charge in [-0.1, -0.05) is 6.07 Å². The fourth-order valence-corrected chi connectivity index (χ4v) is 2.00. The van der Waals surface area contributed by atoms with E-state index in [0.717, 1.165) is 12.8 Å². The fourth-order valence-electron chi connectivity index (χ4n) is 2.00. The van der Waals surface area contributed by atoms with Crippen molar-refractivity contribution in [1.82, 2.24) is 0 Å². The summed E-state index contributed by atoms with van der Waals surface area (Å²) < 4.78 is 18.8. The van der Waals surface area contributed by atoms with Gasteiger partial charge in [-0.15, -0.1) is 0 Å². The van der Waals surface area contributed by atoms with Crippen molar-refractivity contribution in [2.75, 3.05) is 7.11 Å². The van der Waals surface area contributed by atoms with Gasteiger partial charge in [0.2, 0.25) is 0 Å². The van der Waals surface area contributed by atoms with Gasteiger partial charge in [0.1, 0.15) is 6.07 Å². The summed E-state index contributed by atoms with van der Waals surface area (Å²) in [5, 5.41) is 18.1. The van der Waals surface area contributed by atoms with Gasteiger partial charge in [0, 0.05) is 7.11 Å². The van der Waals surface area contributed by atoms with E-state index in [2.05, 4.69) is 0 Å². The molecular formula is C12H12FNO2. The molecule has 1 aliphatic rings. The van der Waals surface area contributed by atoms with Crippen molar-refractivity contribution in [3.63, 3.8) is 0 Å². The average molecular weight is 221 g/mol. The highest BCUT2D eigenvalue weighted by Gasteiger charge is 2.33. The Balaban J connectivity index is 2.25. The van der Waals surface area contributed by atoms with Crippen molar-refractivity contribution in [1.29, 1.82) is 5.26 Å². The van der Waals surface area contributed by atoms with Gasteiger partial charge in [0.05, 0.1) is 11.7 Å². The van der Waals surface area contributed by atoms with E-state index in [1.54, 1.807) is 19.2 Å². The van der Waals surface area contributed by atoms with Crippen molar-refractivity contribution in [3.8, 4) is 11.8 Å². The highest BCUT2D eigenvalue weighted by Crippen LogP contribution is 2.41. The number of phenolic OH excluding ortho intramolecular Hbond substituents is 1. The standard InChI is InChI=1S/C12H12FNO2/c1-16-9-4-8(5-9)10-3-2-7(6-14)12(15)11(10)13/h2-3,8-9,15H,4-5H2,1H3. The van der Waals surface area contributed by atoms with Crippen molar-refractivity contribution in [3.05, 3.63) is 29.1 Å². The number of methoxy groups -OCH3 is 1. The largest absolute Gasteiger partial charge is 0.504 e. The maximum atomic E-state index is 13.7. The number of benzene rings is 1. The zero-order valence-electron chi connectivity index (χ0n) is 8.90. The van der Waals surface area contributed by atoms with Crippen LogP contribution in [-0.4, -0.2) is 18.3 Å². The summed E-state index contributed by atoms with van der Waals surface area (Å²) in [6.07, 6.45) is 1.71. The van der Waals surface area contributed by atoms with E-state index in [-0.39, 0.29) is 17.6 Å². The lowest BCUT2D eigenvalue weighted by atomic mass is 9.77. The van der Waals surface area contributed by atoms with Crippen LogP contribution in [0.4, 0.5) is 4.39 Å². The number of aromatic hydroxyl groups is 1. The molecule has 0 saturated heterocycles. The number of ether oxygens (including phenoxy) is 1. The van der Waals surface area contributed by atoms with Gasteiger partial charge in [-0.05, 0) is 30.4 Å². The quantitative estimate of drug-likeness (QED) is 0.833. The summed E-state index contributed by atoms with van der Waals surface area (Å²) in [5.74, 6) is -1.12. The monoisotopic (exact) mass is 221 g/mol. The minimum atomic E-state index is -0.668. The van der Waals surface area contributed by atoms with E-state index in [1.165, 1.54) is 6.07 Å². The van der Waals surface area contributed by atoms with Gasteiger partial charge in [-0.25, -0.2) is 4.39 Å². The van der Waals surface area contributed by atoms with E-state index in [9.17, 15) is 9.50 Å². The fraction of sp³-hybridized carbons (Fsp3) is 0.417. The molecule has 0 spiro atoms. The molecule has 1 aromatic rings. The molecule has 16 heavy (non-hydrogen) atoms. The molecule has 1 aromatic carbocycles. The zero-order chi connectivity index (χ0) is 11.7. The predicted octanol–water partition coefficient (Wildman–Crippen LogP) is 2.30. The molecule has 1 fully saturated rings. The summed E-state index contributed by atoms with van der Waals surface area (Å²) in [5.41, 5.74) is 0.452. The third kappa shape index (κ3) is 1.63. The van der Waals surface area contributed by atoms with E-state index in [1.807, 2.05) is 0 Å². The summed E-state index contributed by atoms with van der Waals surface area (Å²) in [7, 11) is 1.63. The molecule has 1 saturated carbocycles. The predicted molar refractivity (Wildman–Crippen MR) is 55.6 cm³/mol. The number of halogens is 1. The molecule has 0 bridgehead atoms. The number of hydrogen-bond donors (Lipinski definition) is 1. The normalized spacial score (nSPS) is 23.6. The number of hydrogen-bond acceptors (Lipinski definition) is 3. The number of rotatable bonds is 2. The molecule has 0 atom stereocenters. The summed E-state index contributed by atoms with van der Waals surface area (Å²) >= 11 is 0. The van der Waals surface area contributed by atoms with Gasteiger partial charge in [0.15, 0.2) is 11.6 Å². The smallest absolute Gasteiger partial charge is 0.169 e. The highest BCUT2D eigenvalue weighted by molar-refractivity contribution is 5.46. The highest BCUT2D eigenvalue weighted by atomic mass is 19.1. The molecule has 4 heteroatoms. The van der Waals surface area contributed by atoms with Crippen LogP contribution in [0.1, 0.15) is 29.9 Å². The second kappa shape index (κ2) is 4.11. The van der Waals surface area contributed by atoms with Crippen LogP contribution in [0.5, 0.6) is 5.75 Å². The number of nitrogens with zero attached hydrogens (tertiary/aromatic N) is 1. The maximum absolute atomic E-state index is 13.7. The second-order valence-corrected chi connectivity index (χ2v) is 4.00. The maximum Gasteiger partial charge on any atom is 0.169 e. The zero-order valence-corrected chi connectivity index (χ0v) is 8.90. The van der Waals surface area contributed by atoms with Gasteiger partial charge in [0.25, 0.3) is 0 Å². The minimum Gasteiger partial charge on any atom is -0.504 e. The van der Waals surface area contributed by atoms with E-state index >= 15 is 0 Å². The Morgan fingerprint density at radius 1 is 1.50 bits per heavy atom. The Morgan fingerprint density at radius 3 is 2.75 bits per heavy atom. The van der Waals surface area contributed by atoms with Crippen LogP contribution in [0, 0.1) is 17.1 Å². The molecule has 0 amide bonds. The molecule has 0 heterocycles. The van der Waals surface area contributed by atoms with Crippen LogP contribution in [0.3, 0.4) is 0 Å². The first kappa shape index (κ1) is 10.9. The summed E-state index contributed by atoms with van der Waals surface area (Å²) in [4.78, 5) is 0. The van der Waals surface area contributed by atoms with Crippen molar-refractivity contribution >= 4 is 0 Å². The minimum absolute atomic E-state index is 0.0242. The lowest BCUT2D eigenvalue weighted by Gasteiger charge is -2.34. The number of nitriles is 1. The van der Waals surface area contributed by atoms with Gasteiger partial charge < -0.3 is 9.84 Å². The topological polar surface area (TPSA) is 53.2 Å². The Bertz CT molecular complexity index is 447. The molecule has 0 aliphatic heterocycles. The lowest BCUT2D eigenvalue weighted by Crippen LogP contribution is -2.29. The van der Waals surface area contributed by atoms with Crippen LogP contribution in [-0.2, 0) is 4.74 Å².